The molecule has 2 aromatic heterocycles. The van der Waals surface area contributed by atoms with Gasteiger partial charge in [-0.2, -0.15) is 0 Å². The number of aromatic nitrogens is 2. The van der Waals surface area contributed by atoms with Crippen LogP contribution in [0, 0.1) is 12.3 Å². The van der Waals surface area contributed by atoms with Crippen molar-refractivity contribution >= 4 is 22.6 Å². The first-order chi connectivity index (χ1) is 11.9. The van der Waals surface area contributed by atoms with E-state index in [2.05, 4.69) is 48.5 Å². The Morgan fingerprint density at radius 1 is 1.28 bits per heavy atom. The molecule has 0 atom stereocenters. The summed E-state index contributed by atoms with van der Waals surface area (Å²) in [5.74, 6) is 3.66. The van der Waals surface area contributed by atoms with Crippen LogP contribution in [-0.2, 0) is 5.54 Å². The van der Waals surface area contributed by atoms with E-state index in [4.69, 9.17) is 11.2 Å². The van der Waals surface area contributed by atoms with E-state index in [1.165, 1.54) is 0 Å². The zero-order valence-corrected chi connectivity index (χ0v) is 15.1. The molecule has 1 aromatic carbocycles. The minimum absolute atomic E-state index is 0.0564. The molecule has 0 saturated heterocycles. The molecule has 0 unspecified atom stereocenters. The van der Waals surface area contributed by atoms with Crippen molar-refractivity contribution < 1.29 is 4.74 Å². The van der Waals surface area contributed by atoms with Crippen molar-refractivity contribution in [2.45, 2.75) is 26.3 Å². The molecule has 0 N–H and O–H groups in total. The SMILES string of the molecule is C#C/C(=C\c1cccnc1)c1cn(C(C)(C)C)c2ccc(OC)cc12. The third kappa shape index (κ3) is 3.29. The Labute approximate surface area is 149 Å². The fourth-order valence-electron chi connectivity index (χ4n) is 2.93. The van der Waals surface area contributed by atoms with E-state index in [0.29, 0.717) is 0 Å². The van der Waals surface area contributed by atoms with E-state index in [1.807, 2.05) is 30.3 Å². The molecule has 0 bridgehead atoms. The number of fused-ring (bicyclic) bond motifs is 1. The maximum absolute atomic E-state index is 5.85. The number of hydrogen-bond acceptors (Lipinski definition) is 2. The molecular formula is C22H22N2O. The van der Waals surface area contributed by atoms with Crippen LogP contribution in [0.5, 0.6) is 5.75 Å². The second-order valence-corrected chi connectivity index (χ2v) is 6.96. The van der Waals surface area contributed by atoms with Gasteiger partial charge >= 0.3 is 0 Å². The summed E-state index contributed by atoms with van der Waals surface area (Å²) < 4.78 is 7.67. The third-order valence-corrected chi connectivity index (χ3v) is 4.18. The second kappa shape index (κ2) is 6.49. The first kappa shape index (κ1) is 16.9. The molecule has 0 aliphatic rings. The summed E-state index contributed by atoms with van der Waals surface area (Å²) >= 11 is 0. The van der Waals surface area contributed by atoms with E-state index < -0.39 is 0 Å². The average Bonchev–Trinajstić information content (AvgIpc) is 2.99. The molecule has 3 aromatic rings. The first-order valence-corrected chi connectivity index (χ1v) is 8.22. The van der Waals surface area contributed by atoms with Crippen molar-refractivity contribution in [1.29, 1.82) is 0 Å². The molecule has 0 saturated carbocycles. The van der Waals surface area contributed by atoms with Crippen LogP contribution in [0.4, 0.5) is 0 Å². The summed E-state index contributed by atoms with van der Waals surface area (Å²) in [4.78, 5) is 4.16. The minimum atomic E-state index is -0.0564. The van der Waals surface area contributed by atoms with Crippen LogP contribution in [0.2, 0.25) is 0 Å². The normalized spacial score (nSPS) is 12.2. The lowest BCUT2D eigenvalue weighted by atomic mass is 10.0. The van der Waals surface area contributed by atoms with Crippen molar-refractivity contribution in [2.75, 3.05) is 7.11 Å². The van der Waals surface area contributed by atoms with Gasteiger partial charge in [-0.1, -0.05) is 12.0 Å². The van der Waals surface area contributed by atoms with Gasteiger partial charge in [0.05, 0.1) is 7.11 Å². The first-order valence-electron chi connectivity index (χ1n) is 8.22. The molecule has 0 amide bonds. The zero-order valence-electron chi connectivity index (χ0n) is 15.1. The number of terminal acetylenes is 1. The quantitative estimate of drug-likeness (QED) is 0.634. The lowest BCUT2D eigenvalue weighted by Gasteiger charge is -2.22. The van der Waals surface area contributed by atoms with E-state index >= 15 is 0 Å². The molecule has 2 heterocycles. The van der Waals surface area contributed by atoms with Crippen LogP contribution in [0.3, 0.4) is 0 Å². The van der Waals surface area contributed by atoms with Gasteiger partial charge in [-0.05, 0) is 56.7 Å². The lowest BCUT2D eigenvalue weighted by molar-refractivity contribution is 0.409. The smallest absolute Gasteiger partial charge is 0.119 e. The molecule has 0 aliphatic carbocycles. The summed E-state index contributed by atoms with van der Waals surface area (Å²) in [6.45, 7) is 6.54. The zero-order chi connectivity index (χ0) is 18.0. The van der Waals surface area contributed by atoms with Crippen molar-refractivity contribution in [3.05, 3.63) is 60.0 Å². The molecular weight excluding hydrogens is 308 g/mol. The fraction of sp³-hybridized carbons (Fsp3) is 0.227. The Bertz CT molecular complexity index is 967. The number of nitrogens with zero attached hydrogens (tertiary/aromatic N) is 2. The van der Waals surface area contributed by atoms with Gasteiger partial charge in [0.25, 0.3) is 0 Å². The van der Waals surface area contributed by atoms with Gasteiger partial charge in [0.15, 0.2) is 0 Å². The molecule has 3 heteroatoms. The number of hydrogen-bond donors (Lipinski definition) is 0. The average molecular weight is 330 g/mol. The van der Waals surface area contributed by atoms with Gasteiger partial charge < -0.3 is 9.30 Å². The van der Waals surface area contributed by atoms with Crippen LogP contribution >= 0.6 is 0 Å². The van der Waals surface area contributed by atoms with Crippen molar-refractivity contribution in [3.8, 4) is 18.1 Å². The van der Waals surface area contributed by atoms with E-state index in [0.717, 1.165) is 33.4 Å². The highest BCUT2D eigenvalue weighted by molar-refractivity contribution is 6.02. The summed E-state index contributed by atoms with van der Waals surface area (Å²) in [5.41, 5.74) is 3.91. The number of methoxy groups -OCH3 is 1. The van der Waals surface area contributed by atoms with Gasteiger partial charge in [-0.3, -0.25) is 4.98 Å². The summed E-state index contributed by atoms with van der Waals surface area (Å²) in [7, 11) is 1.68. The highest BCUT2D eigenvalue weighted by Gasteiger charge is 2.20. The predicted octanol–water partition coefficient (Wildman–Crippen LogP) is 4.97. The largest absolute Gasteiger partial charge is 0.497 e. The molecule has 126 valence electrons. The Morgan fingerprint density at radius 3 is 2.68 bits per heavy atom. The molecule has 3 nitrogen and oxygen atoms in total. The van der Waals surface area contributed by atoms with E-state index in [-0.39, 0.29) is 5.54 Å². The maximum atomic E-state index is 5.85. The highest BCUT2D eigenvalue weighted by atomic mass is 16.5. The second-order valence-electron chi connectivity index (χ2n) is 6.96. The molecule has 3 rings (SSSR count). The molecule has 25 heavy (non-hydrogen) atoms. The fourth-order valence-corrected chi connectivity index (χ4v) is 2.93. The Hall–Kier alpha value is -2.99. The van der Waals surface area contributed by atoms with Gasteiger partial charge in [-0.25, -0.2) is 0 Å². The lowest BCUT2D eigenvalue weighted by Crippen LogP contribution is -2.20. The molecule has 0 radical (unpaired) electrons. The number of benzene rings is 1. The summed E-state index contributed by atoms with van der Waals surface area (Å²) in [6, 6.07) is 10.0. The van der Waals surface area contributed by atoms with Crippen LogP contribution in [0.25, 0.3) is 22.6 Å². The number of ether oxygens (including phenoxy) is 1. The monoisotopic (exact) mass is 330 g/mol. The Morgan fingerprint density at radius 2 is 2.08 bits per heavy atom. The number of rotatable bonds is 3. The minimum Gasteiger partial charge on any atom is -0.497 e. The van der Waals surface area contributed by atoms with Crippen molar-refractivity contribution in [3.63, 3.8) is 0 Å². The van der Waals surface area contributed by atoms with E-state index in [1.54, 1.807) is 19.5 Å². The number of pyridine rings is 1. The van der Waals surface area contributed by atoms with Crippen molar-refractivity contribution in [2.24, 2.45) is 0 Å². The van der Waals surface area contributed by atoms with Gasteiger partial charge in [0, 0.05) is 46.2 Å². The van der Waals surface area contributed by atoms with Gasteiger partial charge in [0.1, 0.15) is 5.75 Å². The van der Waals surface area contributed by atoms with Crippen LogP contribution < -0.4 is 4.74 Å². The van der Waals surface area contributed by atoms with Crippen LogP contribution in [0.15, 0.2) is 48.9 Å². The standard InChI is InChI=1S/C22H22N2O/c1-6-17(12-16-8-7-11-23-14-16)20-15-24(22(2,3)4)21-10-9-18(25-5)13-19(20)21/h1,7-15H,2-5H3/b17-12+. The maximum Gasteiger partial charge on any atom is 0.119 e. The van der Waals surface area contributed by atoms with Gasteiger partial charge in [0.2, 0.25) is 0 Å². The third-order valence-electron chi connectivity index (χ3n) is 4.18. The molecule has 0 spiro atoms. The van der Waals surface area contributed by atoms with E-state index in [9.17, 15) is 0 Å². The topological polar surface area (TPSA) is 27.1 Å². The Balaban J connectivity index is 2.27. The molecule has 0 aliphatic heterocycles. The van der Waals surface area contributed by atoms with Gasteiger partial charge in [-0.15, -0.1) is 6.42 Å². The highest BCUT2D eigenvalue weighted by Crippen LogP contribution is 2.34. The summed E-state index contributed by atoms with van der Waals surface area (Å²) in [6.07, 6.45) is 13.5. The van der Waals surface area contributed by atoms with Crippen LogP contribution in [0.1, 0.15) is 31.9 Å². The Kier molecular flexibility index (Phi) is 4.37. The predicted molar refractivity (Wildman–Crippen MR) is 104 cm³/mol. The van der Waals surface area contributed by atoms with Crippen molar-refractivity contribution in [1.82, 2.24) is 9.55 Å². The number of allylic oxidation sites excluding steroid dienone is 1. The summed E-state index contributed by atoms with van der Waals surface area (Å²) in [5, 5.41) is 1.09. The van der Waals surface area contributed by atoms with Crippen LogP contribution in [-0.4, -0.2) is 16.7 Å². The molecule has 0 fully saturated rings.